The fraction of sp³-hybridized carbons (Fsp3) is 0.280. The summed E-state index contributed by atoms with van der Waals surface area (Å²) in [5.41, 5.74) is 6.93. The molecule has 0 radical (unpaired) electrons. The van der Waals surface area contributed by atoms with Gasteiger partial charge >= 0.3 is 11.9 Å². The Kier molecular flexibility index (Phi) is 5.75. The first-order valence-corrected chi connectivity index (χ1v) is 10.8. The summed E-state index contributed by atoms with van der Waals surface area (Å²) in [6.07, 6.45) is 0.523. The van der Waals surface area contributed by atoms with Crippen molar-refractivity contribution in [2.45, 2.75) is 26.7 Å². The summed E-state index contributed by atoms with van der Waals surface area (Å²) in [6, 6.07) is 4.51. The number of fused-ring (bicyclic) bond motifs is 3. The van der Waals surface area contributed by atoms with Crippen molar-refractivity contribution in [3.05, 3.63) is 51.6 Å². The third-order valence-electron chi connectivity index (χ3n) is 6.11. The van der Waals surface area contributed by atoms with Gasteiger partial charge in [0.1, 0.15) is 22.8 Å². The smallest absolute Gasteiger partial charge is 0.308 e. The maximum absolute atomic E-state index is 13.6. The van der Waals surface area contributed by atoms with Crippen LogP contribution in [0.25, 0.3) is 5.76 Å². The van der Waals surface area contributed by atoms with Gasteiger partial charge in [-0.15, -0.1) is 0 Å². The summed E-state index contributed by atoms with van der Waals surface area (Å²) in [7, 11) is 3.64. The van der Waals surface area contributed by atoms with E-state index in [-0.39, 0.29) is 34.6 Å². The van der Waals surface area contributed by atoms with E-state index in [0.29, 0.717) is 17.5 Å². The number of aliphatic hydroxyl groups is 1. The molecule has 35 heavy (non-hydrogen) atoms. The predicted octanol–water partition coefficient (Wildman–Crippen LogP) is 2.29. The van der Waals surface area contributed by atoms with Crippen molar-refractivity contribution in [2.24, 2.45) is 11.7 Å². The zero-order chi connectivity index (χ0) is 25.8. The quantitative estimate of drug-likeness (QED) is 0.441. The minimum atomic E-state index is -1.06. The Bertz CT molecular complexity index is 1360. The number of nitrogens with two attached hydrogens (primary N) is 1. The number of aliphatic hydroxyl groups excluding tert-OH is 1. The summed E-state index contributed by atoms with van der Waals surface area (Å²) in [5.74, 6) is -4.99. The fourth-order valence-electron chi connectivity index (χ4n) is 4.87. The number of phenols is 1. The third-order valence-corrected chi connectivity index (χ3v) is 6.11. The van der Waals surface area contributed by atoms with E-state index in [4.69, 9.17) is 15.2 Å². The number of hydrogen-bond donors (Lipinski definition) is 3. The van der Waals surface area contributed by atoms with Gasteiger partial charge in [-0.3, -0.25) is 19.2 Å². The lowest BCUT2D eigenvalue weighted by atomic mass is 9.70. The maximum Gasteiger partial charge on any atom is 0.308 e. The van der Waals surface area contributed by atoms with E-state index in [9.17, 15) is 29.4 Å². The number of anilines is 1. The van der Waals surface area contributed by atoms with Crippen molar-refractivity contribution >= 4 is 35.1 Å². The highest BCUT2D eigenvalue weighted by atomic mass is 16.5. The molecule has 0 heterocycles. The Labute approximate surface area is 200 Å². The number of hydrogen-bond acceptors (Lipinski definition) is 9. The van der Waals surface area contributed by atoms with E-state index in [1.165, 1.54) is 12.1 Å². The average Bonchev–Trinajstić information content (AvgIpc) is 2.71. The van der Waals surface area contributed by atoms with Gasteiger partial charge in [0, 0.05) is 39.2 Å². The number of carbonyl (C=O) groups is 4. The van der Waals surface area contributed by atoms with Gasteiger partial charge in [0.2, 0.25) is 0 Å². The van der Waals surface area contributed by atoms with Crippen molar-refractivity contribution < 1.29 is 38.9 Å². The topological polar surface area (TPSA) is 156 Å². The zero-order valence-electron chi connectivity index (χ0n) is 19.6. The molecule has 0 spiro atoms. The van der Waals surface area contributed by atoms with Gasteiger partial charge in [-0.1, -0.05) is 0 Å². The number of amides is 1. The van der Waals surface area contributed by atoms with Crippen LogP contribution in [0.5, 0.6) is 17.2 Å². The first kappa shape index (κ1) is 23.8. The second kappa shape index (κ2) is 8.46. The maximum atomic E-state index is 13.6. The van der Waals surface area contributed by atoms with Crippen LogP contribution in [0.1, 0.15) is 51.3 Å². The number of phenolic OH excluding ortho intramolecular Hbond substituents is 1. The molecule has 1 atom stereocenters. The van der Waals surface area contributed by atoms with Crippen LogP contribution in [0, 0.1) is 5.92 Å². The number of ether oxygens (including phenoxy) is 2. The van der Waals surface area contributed by atoms with Crippen molar-refractivity contribution in [3.63, 3.8) is 0 Å². The molecule has 4 rings (SSSR count). The van der Waals surface area contributed by atoms with Crippen LogP contribution < -0.4 is 20.1 Å². The number of carbonyl (C=O) groups excluding carboxylic acids is 4. The summed E-state index contributed by atoms with van der Waals surface area (Å²) < 4.78 is 10.4. The van der Waals surface area contributed by atoms with E-state index in [2.05, 4.69) is 0 Å². The second-order valence-corrected chi connectivity index (χ2v) is 8.71. The lowest BCUT2D eigenvalue weighted by molar-refractivity contribution is -0.132. The van der Waals surface area contributed by atoms with E-state index in [1.807, 2.05) is 19.0 Å². The highest BCUT2D eigenvalue weighted by Crippen LogP contribution is 2.49. The SMILES string of the molecule is CC(=O)Oc1cc2c(c(OC(C)=O)c1C(N)=O)C(O)=C1C(=O)c3c(O)ccc(N(C)C)c3C[C@H]1C2. The van der Waals surface area contributed by atoms with Gasteiger partial charge in [-0.05, 0) is 48.1 Å². The second-order valence-electron chi connectivity index (χ2n) is 8.71. The first-order chi connectivity index (χ1) is 16.4. The number of primary amides is 1. The lowest BCUT2D eigenvalue weighted by Crippen LogP contribution is -2.31. The number of rotatable bonds is 4. The van der Waals surface area contributed by atoms with Crippen LogP contribution in [0.15, 0.2) is 23.8 Å². The van der Waals surface area contributed by atoms with Crippen LogP contribution in [0.2, 0.25) is 0 Å². The van der Waals surface area contributed by atoms with Crippen LogP contribution in [-0.2, 0) is 22.4 Å². The van der Waals surface area contributed by atoms with Crippen LogP contribution in [0.4, 0.5) is 5.69 Å². The molecule has 1 amide bonds. The van der Waals surface area contributed by atoms with E-state index >= 15 is 0 Å². The van der Waals surface area contributed by atoms with E-state index in [1.54, 1.807) is 6.07 Å². The lowest BCUT2D eigenvalue weighted by Gasteiger charge is -2.34. The Morgan fingerprint density at radius 1 is 1.03 bits per heavy atom. The molecule has 0 aliphatic heterocycles. The Morgan fingerprint density at radius 3 is 2.26 bits per heavy atom. The largest absolute Gasteiger partial charge is 0.507 e. The van der Waals surface area contributed by atoms with E-state index < -0.39 is 46.6 Å². The Hall–Kier alpha value is -4.34. The van der Waals surface area contributed by atoms with Gasteiger partial charge in [0.05, 0.1) is 11.1 Å². The number of ketones is 1. The molecule has 0 unspecified atom stereocenters. The minimum absolute atomic E-state index is 0.0280. The van der Waals surface area contributed by atoms with Crippen molar-refractivity contribution in [1.82, 2.24) is 0 Å². The Morgan fingerprint density at radius 2 is 1.69 bits per heavy atom. The predicted molar refractivity (Wildman–Crippen MR) is 125 cm³/mol. The normalized spacial score (nSPS) is 16.1. The van der Waals surface area contributed by atoms with Crippen LogP contribution >= 0.6 is 0 Å². The molecule has 182 valence electrons. The highest BCUT2D eigenvalue weighted by Gasteiger charge is 2.42. The Balaban J connectivity index is 2.02. The van der Waals surface area contributed by atoms with Crippen molar-refractivity contribution in [3.8, 4) is 17.2 Å². The van der Waals surface area contributed by atoms with E-state index in [0.717, 1.165) is 19.5 Å². The molecule has 0 aromatic heterocycles. The van der Waals surface area contributed by atoms with Gasteiger partial charge in [0.25, 0.3) is 5.91 Å². The number of Topliss-reactive ketones (excluding diaryl/α,β-unsaturated/α-hetero) is 1. The molecule has 2 aliphatic carbocycles. The van der Waals surface area contributed by atoms with Gasteiger partial charge < -0.3 is 30.3 Å². The summed E-state index contributed by atoms with van der Waals surface area (Å²) in [6.45, 7) is 2.23. The molecule has 10 heteroatoms. The van der Waals surface area contributed by atoms with Crippen molar-refractivity contribution in [1.29, 1.82) is 0 Å². The van der Waals surface area contributed by atoms with Crippen LogP contribution in [0.3, 0.4) is 0 Å². The number of benzene rings is 2. The third kappa shape index (κ3) is 3.86. The number of esters is 2. The summed E-state index contributed by atoms with van der Waals surface area (Å²) in [4.78, 5) is 51.3. The van der Waals surface area contributed by atoms with Crippen LogP contribution in [-0.4, -0.2) is 47.9 Å². The van der Waals surface area contributed by atoms with Gasteiger partial charge in [-0.2, -0.15) is 0 Å². The molecular weight excluding hydrogens is 456 g/mol. The molecule has 2 aromatic carbocycles. The molecule has 0 fully saturated rings. The molecule has 10 nitrogen and oxygen atoms in total. The average molecular weight is 480 g/mol. The zero-order valence-corrected chi connectivity index (χ0v) is 19.6. The molecule has 2 aromatic rings. The number of allylic oxidation sites excluding steroid dienone is 1. The fourth-order valence-corrected chi connectivity index (χ4v) is 4.87. The number of aromatic hydroxyl groups is 1. The molecule has 0 saturated carbocycles. The van der Waals surface area contributed by atoms with Crippen molar-refractivity contribution in [2.75, 3.05) is 19.0 Å². The van der Waals surface area contributed by atoms with Gasteiger partial charge in [0.15, 0.2) is 11.5 Å². The molecule has 0 saturated heterocycles. The standard InChI is InChI=1S/C25H24N2O8/c1-10(28)34-17-9-13-7-12-8-14-15(27(3)4)5-6-16(30)20(14)23(32)18(12)22(31)19(13)24(35-11(2)29)21(17)25(26)33/h5-6,9,12,30-31H,7-8H2,1-4H3,(H2,26,33)/t12-/m1/s1. The van der Waals surface area contributed by atoms with Gasteiger partial charge in [-0.25, -0.2) is 0 Å². The summed E-state index contributed by atoms with van der Waals surface area (Å²) in [5, 5.41) is 21.8. The summed E-state index contributed by atoms with van der Waals surface area (Å²) >= 11 is 0. The monoisotopic (exact) mass is 480 g/mol. The first-order valence-electron chi connectivity index (χ1n) is 10.8. The molecule has 4 N–H and O–H groups in total. The molecule has 2 aliphatic rings. The molecule has 0 bridgehead atoms. The molecular formula is C25H24N2O8. The minimum Gasteiger partial charge on any atom is -0.507 e. The number of nitrogens with zero attached hydrogens (tertiary/aromatic N) is 1. The highest BCUT2D eigenvalue weighted by molar-refractivity contribution is 6.18.